The maximum Gasteiger partial charge on any atom is 0.230 e. The third-order valence-electron chi connectivity index (χ3n) is 5.55. The van der Waals surface area contributed by atoms with E-state index in [1.54, 1.807) is 14.2 Å². The molecule has 0 radical (unpaired) electrons. The number of oxazole rings is 1. The van der Waals surface area contributed by atoms with Crippen molar-refractivity contribution in [3.8, 4) is 23.0 Å². The van der Waals surface area contributed by atoms with Crippen LogP contribution in [0.2, 0.25) is 0 Å². The predicted octanol–water partition coefficient (Wildman–Crippen LogP) is 4.82. The zero-order valence-corrected chi connectivity index (χ0v) is 18.3. The second kappa shape index (κ2) is 9.02. The average Bonchev–Trinajstić information content (AvgIpc) is 3.43. The van der Waals surface area contributed by atoms with E-state index in [9.17, 15) is 4.79 Å². The van der Waals surface area contributed by atoms with E-state index in [1.165, 1.54) is 11.3 Å². The van der Waals surface area contributed by atoms with E-state index in [1.807, 2.05) is 42.6 Å². The molecule has 0 bridgehead atoms. The number of piperidine rings is 1. The Morgan fingerprint density at radius 3 is 2.90 bits per heavy atom. The number of nitrogens with zero attached hydrogens (tertiary/aromatic N) is 2. The largest absolute Gasteiger partial charge is 0.497 e. The minimum absolute atomic E-state index is 0.0470. The monoisotopic (exact) mass is 426 g/mol. The number of Topliss-reactive ketones (excluding diaryl/α,β-unsaturated/α-hetero) is 1. The van der Waals surface area contributed by atoms with E-state index in [4.69, 9.17) is 18.9 Å². The second-order valence-corrected chi connectivity index (χ2v) is 8.45. The van der Waals surface area contributed by atoms with Gasteiger partial charge in [0.2, 0.25) is 5.89 Å². The van der Waals surface area contributed by atoms with Crippen LogP contribution in [0.4, 0.5) is 0 Å². The van der Waals surface area contributed by atoms with Crippen molar-refractivity contribution in [2.75, 3.05) is 27.3 Å². The zero-order valence-electron chi connectivity index (χ0n) is 17.5. The number of carbonyl (C=O) groups excluding carboxylic acids is 1. The number of ether oxygens (including phenoxy) is 2. The Hall–Kier alpha value is -2.64. The van der Waals surface area contributed by atoms with Crippen LogP contribution in [0.15, 0.2) is 40.1 Å². The SMILES string of the molecule is COc1ccc(-c2nc(CN3CCC[C@H](C(=O)c4cccs4)C3)c(C)o2)c(OC)c1. The zero-order chi connectivity index (χ0) is 21.1. The molecule has 0 unspecified atom stereocenters. The van der Waals surface area contributed by atoms with Gasteiger partial charge in [0.25, 0.3) is 0 Å². The van der Waals surface area contributed by atoms with Crippen LogP contribution >= 0.6 is 11.3 Å². The molecule has 1 aliphatic rings. The highest BCUT2D eigenvalue weighted by atomic mass is 32.1. The van der Waals surface area contributed by atoms with Crippen LogP contribution in [0.3, 0.4) is 0 Å². The summed E-state index contributed by atoms with van der Waals surface area (Å²) in [6.45, 7) is 4.31. The number of hydrogen-bond acceptors (Lipinski definition) is 7. The Balaban J connectivity index is 1.49. The average molecular weight is 427 g/mol. The fraction of sp³-hybridized carbons (Fsp3) is 0.391. The molecule has 7 heteroatoms. The van der Waals surface area contributed by atoms with Gasteiger partial charge in [-0.1, -0.05) is 6.07 Å². The van der Waals surface area contributed by atoms with Crippen molar-refractivity contribution in [1.29, 1.82) is 0 Å². The lowest BCUT2D eigenvalue weighted by Gasteiger charge is -2.31. The molecule has 1 atom stereocenters. The number of aryl methyl sites for hydroxylation is 1. The maximum atomic E-state index is 12.8. The lowest BCUT2D eigenvalue weighted by atomic mass is 9.93. The maximum absolute atomic E-state index is 12.8. The number of carbonyl (C=O) groups is 1. The van der Waals surface area contributed by atoms with Crippen molar-refractivity contribution in [2.24, 2.45) is 5.92 Å². The van der Waals surface area contributed by atoms with Gasteiger partial charge in [-0.2, -0.15) is 0 Å². The summed E-state index contributed by atoms with van der Waals surface area (Å²) in [6, 6.07) is 9.43. The van der Waals surface area contributed by atoms with Gasteiger partial charge in [0.15, 0.2) is 5.78 Å². The van der Waals surface area contributed by atoms with Crippen molar-refractivity contribution in [1.82, 2.24) is 9.88 Å². The minimum Gasteiger partial charge on any atom is -0.497 e. The third kappa shape index (κ3) is 4.27. The Morgan fingerprint density at radius 1 is 1.30 bits per heavy atom. The highest BCUT2D eigenvalue weighted by molar-refractivity contribution is 7.12. The fourth-order valence-corrected chi connectivity index (χ4v) is 4.65. The summed E-state index contributed by atoms with van der Waals surface area (Å²) in [5.74, 6) is 3.00. The molecule has 4 rings (SSSR count). The van der Waals surface area contributed by atoms with E-state index < -0.39 is 0 Å². The van der Waals surface area contributed by atoms with Crippen LogP contribution in [-0.4, -0.2) is 43.0 Å². The van der Waals surface area contributed by atoms with Crippen LogP contribution in [0.1, 0.15) is 34.0 Å². The van der Waals surface area contributed by atoms with Crippen LogP contribution in [0.25, 0.3) is 11.5 Å². The van der Waals surface area contributed by atoms with Gasteiger partial charge in [-0.25, -0.2) is 4.98 Å². The Labute approximate surface area is 180 Å². The number of thiophene rings is 1. The number of methoxy groups -OCH3 is 2. The first kappa shape index (κ1) is 20.6. The molecule has 30 heavy (non-hydrogen) atoms. The lowest BCUT2D eigenvalue weighted by Crippen LogP contribution is -2.38. The highest BCUT2D eigenvalue weighted by Crippen LogP contribution is 2.34. The van der Waals surface area contributed by atoms with Crippen LogP contribution in [0.5, 0.6) is 11.5 Å². The molecule has 3 aromatic rings. The van der Waals surface area contributed by atoms with Crippen molar-refractivity contribution < 1.29 is 18.7 Å². The van der Waals surface area contributed by atoms with Gasteiger partial charge in [-0.3, -0.25) is 9.69 Å². The highest BCUT2D eigenvalue weighted by Gasteiger charge is 2.28. The Bertz CT molecular complexity index is 1010. The van der Waals surface area contributed by atoms with Crippen molar-refractivity contribution in [3.63, 3.8) is 0 Å². The first-order chi connectivity index (χ1) is 14.6. The third-order valence-corrected chi connectivity index (χ3v) is 6.43. The summed E-state index contributed by atoms with van der Waals surface area (Å²) in [4.78, 5) is 20.7. The summed E-state index contributed by atoms with van der Waals surface area (Å²) < 4.78 is 16.7. The van der Waals surface area contributed by atoms with E-state index in [0.717, 1.165) is 47.8 Å². The molecule has 1 fully saturated rings. The summed E-state index contributed by atoms with van der Waals surface area (Å²) in [6.07, 6.45) is 1.96. The smallest absolute Gasteiger partial charge is 0.230 e. The number of benzene rings is 1. The molecular weight excluding hydrogens is 400 g/mol. The van der Waals surface area contributed by atoms with E-state index in [-0.39, 0.29) is 11.7 Å². The summed E-state index contributed by atoms with van der Waals surface area (Å²) in [5.41, 5.74) is 1.68. The molecule has 0 N–H and O–H groups in total. The van der Waals surface area contributed by atoms with E-state index >= 15 is 0 Å². The molecular formula is C23H26N2O4S. The first-order valence-corrected chi connectivity index (χ1v) is 11.0. The second-order valence-electron chi connectivity index (χ2n) is 7.50. The van der Waals surface area contributed by atoms with Gasteiger partial charge in [0.1, 0.15) is 17.3 Å². The van der Waals surface area contributed by atoms with Gasteiger partial charge >= 0.3 is 0 Å². The van der Waals surface area contributed by atoms with Gasteiger partial charge in [0, 0.05) is 25.1 Å². The molecule has 1 aromatic carbocycles. The molecule has 2 aromatic heterocycles. The molecule has 6 nitrogen and oxygen atoms in total. The molecule has 0 saturated carbocycles. The number of aromatic nitrogens is 1. The first-order valence-electron chi connectivity index (χ1n) is 10.1. The summed E-state index contributed by atoms with van der Waals surface area (Å²) >= 11 is 1.52. The molecule has 0 spiro atoms. The van der Waals surface area contributed by atoms with Gasteiger partial charge in [0.05, 0.1) is 30.4 Å². The molecule has 0 amide bonds. The Morgan fingerprint density at radius 2 is 2.17 bits per heavy atom. The minimum atomic E-state index is 0.0470. The summed E-state index contributed by atoms with van der Waals surface area (Å²) in [5, 5.41) is 1.96. The fourth-order valence-electron chi connectivity index (χ4n) is 3.91. The number of hydrogen-bond donors (Lipinski definition) is 0. The predicted molar refractivity (Wildman–Crippen MR) is 116 cm³/mol. The van der Waals surface area contributed by atoms with Gasteiger partial charge in [-0.05, 0) is 49.9 Å². The number of likely N-dealkylation sites (tertiary alicyclic amines) is 1. The Kier molecular flexibility index (Phi) is 6.20. The van der Waals surface area contributed by atoms with Gasteiger partial charge < -0.3 is 13.9 Å². The number of ketones is 1. The van der Waals surface area contributed by atoms with Crippen LogP contribution < -0.4 is 9.47 Å². The molecule has 0 aliphatic carbocycles. The van der Waals surface area contributed by atoms with Crippen LogP contribution in [-0.2, 0) is 6.54 Å². The lowest BCUT2D eigenvalue weighted by molar-refractivity contribution is 0.0814. The van der Waals surface area contributed by atoms with Gasteiger partial charge in [-0.15, -0.1) is 11.3 Å². The van der Waals surface area contributed by atoms with E-state index in [0.29, 0.717) is 23.9 Å². The van der Waals surface area contributed by atoms with Crippen molar-refractivity contribution >= 4 is 17.1 Å². The standard InChI is InChI=1S/C23H26N2O4S/c1-15-19(24-23(29-15)18-9-8-17(27-2)12-20(18)28-3)14-25-10-4-6-16(13-25)22(26)21-7-5-11-30-21/h5,7-9,11-12,16H,4,6,10,13-14H2,1-3H3/t16-/m0/s1. The topological polar surface area (TPSA) is 64.8 Å². The molecule has 3 heterocycles. The van der Waals surface area contributed by atoms with Crippen LogP contribution in [0, 0.1) is 12.8 Å². The molecule has 1 saturated heterocycles. The molecule has 1 aliphatic heterocycles. The normalized spacial score (nSPS) is 17.1. The number of rotatable bonds is 7. The quantitative estimate of drug-likeness (QED) is 0.505. The summed E-state index contributed by atoms with van der Waals surface area (Å²) in [7, 11) is 3.24. The van der Waals surface area contributed by atoms with E-state index in [2.05, 4.69) is 4.90 Å². The van der Waals surface area contributed by atoms with Crippen molar-refractivity contribution in [2.45, 2.75) is 26.3 Å². The molecule has 158 valence electrons. The van der Waals surface area contributed by atoms with Crippen molar-refractivity contribution in [3.05, 3.63) is 52.0 Å².